The number of nitrogens with two attached hydrogens (primary N) is 1. The minimum absolute atomic E-state index is 0.324. The molecule has 0 atom stereocenters. The summed E-state index contributed by atoms with van der Waals surface area (Å²) < 4.78 is 28.1. The molecule has 19 heavy (non-hydrogen) atoms. The van der Waals surface area contributed by atoms with E-state index >= 15 is 0 Å². The van der Waals surface area contributed by atoms with Crippen LogP contribution in [-0.4, -0.2) is 20.5 Å². The second kappa shape index (κ2) is 6.22. The minimum Gasteiger partial charge on any atom is -0.324 e. The molecule has 1 aromatic heterocycles. The molecular weight excluding hydrogens is 348 g/mol. The molecule has 2 rings (SSSR count). The van der Waals surface area contributed by atoms with Crippen molar-refractivity contribution in [1.82, 2.24) is 4.72 Å². The lowest BCUT2D eigenvalue weighted by atomic mass is 9.92. The van der Waals surface area contributed by atoms with Gasteiger partial charge in [-0.25, -0.2) is 13.1 Å². The minimum atomic E-state index is -3.43. The maximum atomic E-state index is 12.1. The van der Waals surface area contributed by atoms with E-state index in [1.807, 2.05) is 0 Å². The summed E-state index contributed by atoms with van der Waals surface area (Å²) in [5, 5.41) is 0. The third kappa shape index (κ3) is 4.26. The van der Waals surface area contributed by atoms with Crippen LogP contribution in [-0.2, 0) is 10.0 Å². The predicted octanol–water partition coefficient (Wildman–Crippen LogP) is 2.84. The highest BCUT2D eigenvalue weighted by molar-refractivity contribution is 9.11. The van der Waals surface area contributed by atoms with Gasteiger partial charge < -0.3 is 5.73 Å². The molecule has 0 radical (unpaired) electrons. The fourth-order valence-electron chi connectivity index (χ4n) is 2.36. The van der Waals surface area contributed by atoms with Crippen LogP contribution in [0, 0.1) is 0 Å². The van der Waals surface area contributed by atoms with Crippen LogP contribution in [0.5, 0.6) is 0 Å². The van der Waals surface area contributed by atoms with Crippen molar-refractivity contribution in [2.45, 2.75) is 48.3 Å². The lowest BCUT2D eigenvalue weighted by molar-refractivity contribution is 0.369. The van der Waals surface area contributed by atoms with E-state index in [1.165, 1.54) is 24.2 Å². The van der Waals surface area contributed by atoms with Gasteiger partial charge in [0.25, 0.3) is 0 Å². The molecule has 3 N–H and O–H groups in total. The lowest BCUT2D eigenvalue weighted by Gasteiger charge is -2.28. The summed E-state index contributed by atoms with van der Waals surface area (Å²) in [4.78, 5) is 0. The van der Waals surface area contributed by atoms with Gasteiger partial charge in [0.05, 0.1) is 3.79 Å². The summed E-state index contributed by atoms with van der Waals surface area (Å²) in [7, 11) is -3.43. The van der Waals surface area contributed by atoms with Crippen molar-refractivity contribution < 1.29 is 8.42 Å². The second-order valence-electron chi connectivity index (χ2n) is 5.16. The smallest absolute Gasteiger partial charge is 0.250 e. The standard InChI is InChI=1S/C12H19BrN2O2S2/c13-10-5-6-11(18-10)19(16,17)15-9-12(14)7-3-1-2-4-8-12/h5-6,15H,1-4,7-9,14H2. The molecule has 1 aliphatic rings. The molecule has 1 heterocycles. The molecule has 0 saturated heterocycles. The Morgan fingerprint density at radius 2 is 1.89 bits per heavy atom. The highest BCUT2D eigenvalue weighted by atomic mass is 79.9. The van der Waals surface area contributed by atoms with Gasteiger partial charge in [0, 0.05) is 12.1 Å². The number of thiophene rings is 1. The Kier molecular flexibility index (Phi) is 5.05. The Labute approximate surface area is 127 Å². The van der Waals surface area contributed by atoms with E-state index in [1.54, 1.807) is 12.1 Å². The highest BCUT2D eigenvalue weighted by Gasteiger charge is 2.28. The zero-order valence-electron chi connectivity index (χ0n) is 10.7. The van der Waals surface area contributed by atoms with E-state index in [2.05, 4.69) is 20.7 Å². The van der Waals surface area contributed by atoms with Crippen LogP contribution < -0.4 is 10.5 Å². The number of hydrogen-bond donors (Lipinski definition) is 2. The van der Waals surface area contributed by atoms with E-state index in [0.717, 1.165) is 29.5 Å². The van der Waals surface area contributed by atoms with Crippen molar-refractivity contribution in [2.24, 2.45) is 5.73 Å². The molecule has 0 bridgehead atoms. The molecule has 1 saturated carbocycles. The van der Waals surface area contributed by atoms with Crippen molar-refractivity contribution in [3.8, 4) is 0 Å². The van der Waals surface area contributed by atoms with Crippen LogP contribution in [0.2, 0.25) is 0 Å². The molecule has 7 heteroatoms. The zero-order chi connectivity index (χ0) is 13.9. The van der Waals surface area contributed by atoms with Gasteiger partial charge in [-0.3, -0.25) is 0 Å². The van der Waals surface area contributed by atoms with Gasteiger partial charge in [-0.2, -0.15) is 0 Å². The van der Waals surface area contributed by atoms with Crippen LogP contribution in [0.15, 0.2) is 20.1 Å². The average molecular weight is 367 g/mol. The first-order valence-electron chi connectivity index (χ1n) is 6.45. The molecule has 0 amide bonds. The molecule has 108 valence electrons. The molecule has 0 spiro atoms. The molecule has 1 aromatic rings. The molecule has 1 aliphatic carbocycles. The summed E-state index contributed by atoms with van der Waals surface area (Å²) >= 11 is 4.48. The van der Waals surface area contributed by atoms with E-state index in [-0.39, 0.29) is 0 Å². The first-order valence-corrected chi connectivity index (χ1v) is 9.55. The van der Waals surface area contributed by atoms with E-state index in [4.69, 9.17) is 5.73 Å². The van der Waals surface area contributed by atoms with E-state index in [9.17, 15) is 8.42 Å². The van der Waals surface area contributed by atoms with Crippen LogP contribution in [0.4, 0.5) is 0 Å². The number of rotatable bonds is 4. The maximum absolute atomic E-state index is 12.1. The Bertz CT molecular complexity index is 520. The van der Waals surface area contributed by atoms with Gasteiger partial charge in [-0.1, -0.05) is 25.7 Å². The topological polar surface area (TPSA) is 72.2 Å². The zero-order valence-corrected chi connectivity index (χ0v) is 13.9. The Hall–Kier alpha value is 0.0500. The van der Waals surface area contributed by atoms with Gasteiger partial charge in [-0.15, -0.1) is 11.3 Å². The van der Waals surface area contributed by atoms with Crippen LogP contribution in [0.25, 0.3) is 0 Å². The number of nitrogens with one attached hydrogen (secondary N) is 1. The molecule has 0 aromatic carbocycles. The van der Waals surface area contributed by atoms with Crippen molar-refractivity contribution in [1.29, 1.82) is 0 Å². The van der Waals surface area contributed by atoms with Crippen LogP contribution >= 0.6 is 27.3 Å². The summed E-state index contributed by atoms with van der Waals surface area (Å²) in [6.45, 7) is 0.324. The number of sulfonamides is 1. The molecule has 0 unspecified atom stereocenters. The normalized spacial score (nSPS) is 20.1. The highest BCUT2D eigenvalue weighted by Crippen LogP contribution is 2.27. The number of halogens is 1. The molecular formula is C12H19BrN2O2S2. The Balaban J connectivity index is 2.01. The van der Waals surface area contributed by atoms with Gasteiger partial charge in [0.15, 0.2) is 0 Å². The second-order valence-corrected chi connectivity index (χ2v) is 9.62. The van der Waals surface area contributed by atoms with Crippen LogP contribution in [0.3, 0.4) is 0 Å². The van der Waals surface area contributed by atoms with Gasteiger partial charge in [0.1, 0.15) is 4.21 Å². The average Bonchev–Trinajstić information content (AvgIpc) is 2.68. The summed E-state index contributed by atoms with van der Waals surface area (Å²) in [5.41, 5.74) is 5.93. The largest absolute Gasteiger partial charge is 0.324 e. The summed E-state index contributed by atoms with van der Waals surface area (Å²) in [6.07, 6.45) is 6.35. The molecule has 0 aliphatic heterocycles. The van der Waals surface area contributed by atoms with Gasteiger partial charge in [0.2, 0.25) is 10.0 Å². The summed E-state index contributed by atoms with van der Waals surface area (Å²) in [6, 6.07) is 3.34. The number of hydrogen-bond acceptors (Lipinski definition) is 4. The van der Waals surface area contributed by atoms with Crippen molar-refractivity contribution >= 4 is 37.3 Å². The first-order chi connectivity index (χ1) is 8.91. The van der Waals surface area contributed by atoms with Gasteiger partial charge in [-0.05, 0) is 40.9 Å². The fourth-order valence-corrected chi connectivity index (χ4v) is 5.55. The predicted molar refractivity (Wildman–Crippen MR) is 81.8 cm³/mol. The summed E-state index contributed by atoms with van der Waals surface area (Å²) in [5.74, 6) is 0. The lowest BCUT2D eigenvalue weighted by Crippen LogP contribution is -2.49. The SMILES string of the molecule is NC1(CNS(=O)(=O)c2ccc(Br)s2)CCCCCC1. The van der Waals surface area contributed by atoms with Crippen molar-refractivity contribution in [2.75, 3.05) is 6.54 Å². The van der Waals surface area contributed by atoms with Crippen molar-refractivity contribution in [3.63, 3.8) is 0 Å². The van der Waals surface area contributed by atoms with E-state index < -0.39 is 15.6 Å². The monoisotopic (exact) mass is 366 g/mol. The van der Waals surface area contributed by atoms with Crippen LogP contribution in [0.1, 0.15) is 38.5 Å². The molecule has 4 nitrogen and oxygen atoms in total. The Morgan fingerprint density at radius 1 is 1.26 bits per heavy atom. The van der Waals surface area contributed by atoms with Crippen molar-refractivity contribution in [3.05, 3.63) is 15.9 Å². The first kappa shape index (κ1) is 15.4. The quantitative estimate of drug-likeness (QED) is 0.804. The molecule has 1 fully saturated rings. The third-order valence-electron chi connectivity index (χ3n) is 3.53. The Morgan fingerprint density at radius 3 is 2.42 bits per heavy atom. The fraction of sp³-hybridized carbons (Fsp3) is 0.667. The van der Waals surface area contributed by atoms with E-state index in [0.29, 0.717) is 10.8 Å². The van der Waals surface area contributed by atoms with Gasteiger partial charge >= 0.3 is 0 Å². The third-order valence-corrected chi connectivity index (χ3v) is 7.04. The maximum Gasteiger partial charge on any atom is 0.250 e.